The average molecular weight is 529 g/mol. The van der Waals surface area contributed by atoms with Gasteiger partial charge in [-0.15, -0.1) is 0 Å². The van der Waals surface area contributed by atoms with E-state index < -0.39 is 9.84 Å². The van der Waals surface area contributed by atoms with Crippen LogP contribution in [-0.4, -0.2) is 63.9 Å². The van der Waals surface area contributed by atoms with Crippen LogP contribution in [-0.2, 0) is 14.6 Å². The van der Waals surface area contributed by atoms with E-state index in [1.165, 1.54) is 12.4 Å². The van der Waals surface area contributed by atoms with Crippen LogP contribution in [0.4, 0.5) is 4.79 Å². The number of rotatable bonds is 7. The zero-order chi connectivity index (χ0) is 25.7. The van der Waals surface area contributed by atoms with Crippen LogP contribution >= 0.6 is 0 Å². The third-order valence-corrected chi connectivity index (χ3v) is 10.1. The SMILES string of the molecule is Cc1nc(S(=O)(=O)C2CC2)ccc1Oc1ncnc(OC2CC3CC[C@@H](C2)N3C(=O)OC2CCC2)c1C. The van der Waals surface area contributed by atoms with Gasteiger partial charge in [0.25, 0.3) is 0 Å². The molecule has 4 aliphatic rings. The van der Waals surface area contributed by atoms with Crippen molar-refractivity contribution in [2.75, 3.05) is 0 Å². The van der Waals surface area contributed by atoms with E-state index in [2.05, 4.69) is 15.0 Å². The lowest BCUT2D eigenvalue weighted by Crippen LogP contribution is -2.50. The number of carbonyl (C=O) groups excluding carboxylic acids is 1. The van der Waals surface area contributed by atoms with Gasteiger partial charge < -0.3 is 19.1 Å². The molecule has 6 rings (SSSR count). The van der Waals surface area contributed by atoms with E-state index in [1.807, 2.05) is 11.8 Å². The van der Waals surface area contributed by atoms with Crippen molar-refractivity contribution >= 4 is 15.9 Å². The summed E-state index contributed by atoms with van der Waals surface area (Å²) in [7, 11) is -3.37. The van der Waals surface area contributed by atoms with Crippen LogP contribution in [0.3, 0.4) is 0 Å². The van der Waals surface area contributed by atoms with Gasteiger partial charge in [0, 0.05) is 24.9 Å². The average Bonchev–Trinajstić information content (AvgIpc) is 3.66. The maximum absolute atomic E-state index is 12.7. The van der Waals surface area contributed by atoms with Crippen LogP contribution in [0.2, 0.25) is 0 Å². The van der Waals surface area contributed by atoms with Crippen LogP contribution in [0, 0.1) is 13.8 Å². The van der Waals surface area contributed by atoms with E-state index in [4.69, 9.17) is 14.2 Å². The van der Waals surface area contributed by atoms with Crippen molar-refractivity contribution in [1.82, 2.24) is 19.9 Å². The van der Waals surface area contributed by atoms with Crippen molar-refractivity contribution in [2.45, 2.75) is 106 Å². The largest absolute Gasteiger partial charge is 0.474 e. The van der Waals surface area contributed by atoms with Crippen molar-refractivity contribution in [3.05, 3.63) is 29.7 Å². The molecule has 0 N–H and O–H groups in total. The summed E-state index contributed by atoms with van der Waals surface area (Å²) in [6, 6.07) is 3.35. The number of fused-ring (bicyclic) bond motifs is 2. The number of sulfone groups is 1. The normalized spacial score (nSPS) is 25.5. The van der Waals surface area contributed by atoms with Crippen molar-refractivity contribution in [1.29, 1.82) is 0 Å². The van der Waals surface area contributed by atoms with Crippen molar-refractivity contribution in [3.63, 3.8) is 0 Å². The lowest BCUT2D eigenvalue weighted by Gasteiger charge is -2.39. The van der Waals surface area contributed by atoms with Crippen molar-refractivity contribution < 1.29 is 27.4 Å². The second-order valence-electron chi connectivity index (χ2n) is 10.6. The summed E-state index contributed by atoms with van der Waals surface area (Å²) >= 11 is 0. The highest BCUT2D eigenvalue weighted by atomic mass is 32.2. The first-order valence-corrected chi connectivity index (χ1v) is 14.7. The molecule has 1 amide bonds. The van der Waals surface area contributed by atoms with E-state index in [1.54, 1.807) is 13.0 Å². The molecule has 2 aliphatic heterocycles. The Kier molecular flexibility index (Phi) is 6.21. The zero-order valence-electron chi connectivity index (χ0n) is 21.1. The Morgan fingerprint density at radius 3 is 2.27 bits per heavy atom. The number of ether oxygens (including phenoxy) is 3. The molecule has 4 fully saturated rings. The second kappa shape index (κ2) is 9.41. The molecule has 2 aromatic heterocycles. The lowest BCUT2D eigenvalue weighted by atomic mass is 9.96. The molecule has 4 heterocycles. The van der Waals surface area contributed by atoms with Crippen molar-refractivity contribution in [2.24, 2.45) is 0 Å². The number of amides is 1. The Morgan fingerprint density at radius 2 is 1.65 bits per heavy atom. The number of nitrogens with zero attached hydrogens (tertiary/aromatic N) is 4. The van der Waals surface area contributed by atoms with E-state index in [0.717, 1.165) is 44.9 Å². The summed E-state index contributed by atoms with van der Waals surface area (Å²) in [6.45, 7) is 3.55. The molecule has 2 bridgehead atoms. The highest BCUT2D eigenvalue weighted by Gasteiger charge is 2.46. The second-order valence-corrected chi connectivity index (χ2v) is 12.8. The van der Waals surface area contributed by atoms with Gasteiger partial charge in [0.1, 0.15) is 18.5 Å². The summed E-state index contributed by atoms with van der Waals surface area (Å²) in [5.74, 6) is 1.20. The molecule has 10 nitrogen and oxygen atoms in total. The van der Waals surface area contributed by atoms with Crippen molar-refractivity contribution in [3.8, 4) is 17.5 Å². The fourth-order valence-corrected chi connectivity index (χ4v) is 7.08. The maximum Gasteiger partial charge on any atom is 0.410 e. The van der Waals surface area contributed by atoms with Gasteiger partial charge in [-0.25, -0.2) is 28.2 Å². The quantitative estimate of drug-likeness (QED) is 0.518. The van der Waals surface area contributed by atoms with Gasteiger partial charge in [-0.2, -0.15) is 0 Å². The molecule has 2 saturated heterocycles. The number of aryl methyl sites for hydroxylation is 1. The molecule has 198 valence electrons. The molecule has 0 radical (unpaired) electrons. The number of hydrogen-bond donors (Lipinski definition) is 0. The van der Waals surface area contributed by atoms with Crippen LogP contribution in [0.15, 0.2) is 23.5 Å². The molecular weight excluding hydrogens is 496 g/mol. The van der Waals surface area contributed by atoms with Crippen LogP contribution < -0.4 is 9.47 Å². The summed E-state index contributed by atoms with van der Waals surface area (Å²) < 4.78 is 43.0. The predicted molar refractivity (Wildman–Crippen MR) is 132 cm³/mol. The molecule has 0 spiro atoms. The summed E-state index contributed by atoms with van der Waals surface area (Å²) in [5.41, 5.74) is 1.12. The number of pyridine rings is 1. The third kappa shape index (κ3) is 4.73. The fraction of sp³-hybridized carbons (Fsp3) is 0.615. The van der Waals surface area contributed by atoms with Gasteiger partial charge in [-0.3, -0.25) is 0 Å². The number of carbonyl (C=O) groups is 1. The van der Waals surface area contributed by atoms with E-state index in [9.17, 15) is 13.2 Å². The Hall–Kier alpha value is -2.95. The molecule has 11 heteroatoms. The summed E-state index contributed by atoms with van der Waals surface area (Å²) in [5, 5.41) is -0.230. The molecular formula is C26H32N4O6S. The minimum absolute atomic E-state index is 0.0676. The van der Waals surface area contributed by atoms with Gasteiger partial charge in [-0.1, -0.05) is 0 Å². The van der Waals surface area contributed by atoms with Crippen LogP contribution in [0.5, 0.6) is 17.5 Å². The molecule has 2 aliphatic carbocycles. The van der Waals surface area contributed by atoms with Crippen LogP contribution in [0.25, 0.3) is 0 Å². The molecule has 2 aromatic rings. The Balaban J connectivity index is 1.12. The minimum atomic E-state index is -3.37. The van der Waals surface area contributed by atoms with Gasteiger partial charge in [-0.05, 0) is 70.9 Å². The third-order valence-electron chi connectivity index (χ3n) is 7.96. The predicted octanol–water partition coefficient (Wildman–Crippen LogP) is 4.28. The Labute approximate surface area is 216 Å². The van der Waals surface area contributed by atoms with Gasteiger partial charge in [0.05, 0.1) is 16.5 Å². The first kappa shape index (κ1) is 24.4. The highest BCUT2D eigenvalue weighted by Crippen LogP contribution is 2.40. The van der Waals surface area contributed by atoms with Crippen LogP contribution in [0.1, 0.15) is 69.0 Å². The first-order valence-electron chi connectivity index (χ1n) is 13.2. The topological polar surface area (TPSA) is 121 Å². The van der Waals surface area contributed by atoms with Gasteiger partial charge >= 0.3 is 6.09 Å². The fourth-order valence-electron chi connectivity index (χ4n) is 5.46. The zero-order valence-corrected chi connectivity index (χ0v) is 21.9. The Bertz CT molecular complexity index is 1300. The molecule has 37 heavy (non-hydrogen) atoms. The van der Waals surface area contributed by atoms with E-state index in [-0.39, 0.29) is 40.7 Å². The number of aromatic nitrogens is 3. The van der Waals surface area contributed by atoms with E-state index >= 15 is 0 Å². The van der Waals surface area contributed by atoms with Gasteiger partial charge in [0.2, 0.25) is 11.8 Å². The molecule has 2 saturated carbocycles. The Morgan fingerprint density at radius 1 is 0.946 bits per heavy atom. The maximum atomic E-state index is 12.7. The molecule has 0 aromatic carbocycles. The van der Waals surface area contributed by atoms with E-state index in [0.29, 0.717) is 41.6 Å². The smallest absolute Gasteiger partial charge is 0.410 e. The summed E-state index contributed by atoms with van der Waals surface area (Å²) in [6.07, 6.45) is 9.07. The molecule has 2 unspecified atom stereocenters. The number of hydrogen-bond acceptors (Lipinski definition) is 9. The van der Waals surface area contributed by atoms with Gasteiger partial charge in [0.15, 0.2) is 20.6 Å². The lowest BCUT2D eigenvalue weighted by molar-refractivity contribution is -0.00517. The molecule has 3 atom stereocenters. The standard InChI is InChI=1S/C26H32N4O6S/c1-15-24(34-20-12-17-6-7-18(13-20)30(17)26(31)35-19-4-3-5-19)27-14-28-25(15)36-22-10-11-23(29-16(22)2)37(32,33)21-8-9-21/h10-11,14,17-21H,3-9,12-13H2,1-2H3/t17-,18?,20?/m0/s1. The number of piperidine rings is 1. The highest BCUT2D eigenvalue weighted by molar-refractivity contribution is 7.92. The summed E-state index contributed by atoms with van der Waals surface area (Å²) in [4.78, 5) is 27.6. The monoisotopic (exact) mass is 528 g/mol. The minimum Gasteiger partial charge on any atom is -0.474 e. The first-order chi connectivity index (χ1) is 17.8.